The van der Waals surface area contributed by atoms with Gasteiger partial charge in [-0.25, -0.2) is 0 Å². The third kappa shape index (κ3) is 4.28. The molecule has 1 saturated carbocycles. The summed E-state index contributed by atoms with van der Waals surface area (Å²) in [5.74, 6) is 0.613. The fourth-order valence-corrected chi connectivity index (χ4v) is 1.93. The Bertz CT molecular complexity index is 263. The maximum atomic E-state index is 11.4. The lowest BCUT2D eigenvalue weighted by atomic mass is 9.96. The smallest absolute Gasteiger partial charge is 0.237 e. The standard InChI is InChI=1S/C13H27N3O/c1-10(2)16(9-11-5-6-11)8-7-13(3,15-4)12(14)17/h10-11,15H,5-9H2,1-4H3,(H2,14,17). The Hall–Kier alpha value is -0.610. The van der Waals surface area contributed by atoms with Crippen molar-refractivity contribution in [1.82, 2.24) is 10.2 Å². The molecule has 1 aliphatic rings. The summed E-state index contributed by atoms with van der Waals surface area (Å²) in [5.41, 5.74) is 4.85. The molecule has 0 bridgehead atoms. The van der Waals surface area contributed by atoms with Gasteiger partial charge in [0, 0.05) is 19.1 Å². The Kier molecular flexibility index (Phi) is 4.95. The molecule has 0 spiro atoms. The first-order valence-electron chi connectivity index (χ1n) is 6.62. The van der Waals surface area contributed by atoms with E-state index in [-0.39, 0.29) is 5.91 Å². The van der Waals surface area contributed by atoms with Crippen molar-refractivity contribution in [2.45, 2.75) is 51.6 Å². The summed E-state index contributed by atoms with van der Waals surface area (Å²) in [5, 5.41) is 3.04. The summed E-state index contributed by atoms with van der Waals surface area (Å²) in [6, 6.07) is 0.532. The van der Waals surface area contributed by atoms with Gasteiger partial charge in [0.1, 0.15) is 0 Å². The van der Waals surface area contributed by atoms with Crippen molar-refractivity contribution in [3.63, 3.8) is 0 Å². The first-order chi connectivity index (χ1) is 7.89. The zero-order valence-corrected chi connectivity index (χ0v) is 11.6. The number of rotatable bonds is 8. The first-order valence-corrected chi connectivity index (χ1v) is 6.62. The summed E-state index contributed by atoms with van der Waals surface area (Å²) >= 11 is 0. The molecule has 4 nitrogen and oxygen atoms in total. The summed E-state index contributed by atoms with van der Waals surface area (Å²) in [7, 11) is 1.80. The van der Waals surface area contributed by atoms with Crippen molar-refractivity contribution < 1.29 is 4.79 Å². The van der Waals surface area contributed by atoms with Gasteiger partial charge in [-0.3, -0.25) is 4.79 Å². The van der Waals surface area contributed by atoms with E-state index in [0.29, 0.717) is 6.04 Å². The number of carbonyl (C=O) groups excluding carboxylic acids is 1. The molecule has 0 aromatic carbocycles. The second-order valence-electron chi connectivity index (χ2n) is 5.73. The number of amides is 1. The molecule has 1 fully saturated rings. The van der Waals surface area contributed by atoms with Gasteiger partial charge in [0.2, 0.25) is 5.91 Å². The van der Waals surface area contributed by atoms with Crippen LogP contribution in [-0.4, -0.2) is 42.5 Å². The van der Waals surface area contributed by atoms with Gasteiger partial charge in [-0.2, -0.15) is 0 Å². The molecule has 17 heavy (non-hydrogen) atoms. The summed E-state index contributed by atoms with van der Waals surface area (Å²) < 4.78 is 0. The Morgan fingerprint density at radius 1 is 1.53 bits per heavy atom. The van der Waals surface area contributed by atoms with E-state index >= 15 is 0 Å². The van der Waals surface area contributed by atoms with E-state index in [9.17, 15) is 4.79 Å². The third-order valence-electron chi connectivity index (χ3n) is 3.91. The predicted molar refractivity (Wildman–Crippen MR) is 70.7 cm³/mol. The Balaban J connectivity index is 2.46. The maximum Gasteiger partial charge on any atom is 0.237 e. The molecule has 1 amide bonds. The number of carbonyl (C=O) groups is 1. The molecule has 0 aliphatic heterocycles. The average molecular weight is 241 g/mol. The van der Waals surface area contributed by atoms with Crippen molar-refractivity contribution in [3.05, 3.63) is 0 Å². The van der Waals surface area contributed by atoms with Crippen LogP contribution in [-0.2, 0) is 4.79 Å². The Labute approximate surface area is 105 Å². The van der Waals surface area contributed by atoms with Crippen LogP contribution >= 0.6 is 0 Å². The highest BCUT2D eigenvalue weighted by Gasteiger charge is 2.31. The minimum Gasteiger partial charge on any atom is -0.368 e. The van der Waals surface area contributed by atoms with Gasteiger partial charge in [0.05, 0.1) is 5.54 Å². The number of nitrogens with zero attached hydrogens (tertiary/aromatic N) is 1. The van der Waals surface area contributed by atoms with Crippen molar-refractivity contribution >= 4 is 5.91 Å². The molecule has 3 N–H and O–H groups in total. The Morgan fingerprint density at radius 2 is 2.12 bits per heavy atom. The van der Waals surface area contributed by atoms with E-state index in [1.54, 1.807) is 7.05 Å². The predicted octanol–water partition coefficient (Wildman–Crippen LogP) is 0.960. The molecule has 0 radical (unpaired) electrons. The van der Waals surface area contributed by atoms with E-state index < -0.39 is 5.54 Å². The summed E-state index contributed by atoms with van der Waals surface area (Å²) in [4.78, 5) is 13.9. The number of primary amides is 1. The van der Waals surface area contributed by atoms with Crippen LogP contribution in [0.2, 0.25) is 0 Å². The molecule has 0 aromatic heterocycles. The largest absolute Gasteiger partial charge is 0.368 e. The highest BCUT2D eigenvalue weighted by Crippen LogP contribution is 2.30. The van der Waals surface area contributed by atoms with Crippen molar-refractivity contribution in [2.75, 3.05) is 20.1 Å². The first kappa shape index (κ1) is 14.5. The molecular formula is C13H27N3O. The van der Waals surface area contributed by atoms with Gasteiger partial charge < -0.3 is 16.0 Å². The molecular weight excluding hydrogens is 214 g/mol. The van der Waals surface area contributed by atoms with Gasteiger partial charge in [-0.15, -0.1) is 0 Å². The fourth-order valence-electron chi connectivity index (χ4n) is 1.93. The quantitative estimate of drug-likeness (QED) is 0.665. The molecule has 0 saturated heterocycles. The van der Waals surface area contributed by atoms with Gasteiger partial charge in [-0.05, 0) is 53.0 Å². The van der Waals surface area contributed by atoms with Gasteiger partial charge in [0.25, 0.3) is 0 Å². The van der Waals surface area contributed by atoms with Crippen LogP contribution < -0.4 is 11.1 Å². The van der Waals surface area contributed by atoms with Crippen LogP contribution in [0.25, 0.3) is 0 Å². The monoisotopic (exact) mass is 241 g/mol. The normalized spacial score (nSPS) is 19.6. The zero-order valence-electron chi connectivity index (χ0n) is 11.6. The highest BCUT2D eigenvalue weighted by atomic mass is 16.1. The lowest BCUT2D eigenvalue weighted by Crippen LogP contribution is -2.53. The second-order valence-corrected chi connectivity index (χ2v) is 5.73. The Morgan fingerprint density at radius 3 is 2.47 bits per heavy atom. The number of nitrogens with two attached hydrogens (primary N) is 1. The van der Waals surface area contributed by atoms with Gasteiger partial charge in [-0.1, -0.05) is 0 Å². The number of likely N-dealkylation sites (N-methyl/N-ethyl adjacent to an activating group) is 1. The molecule has 0 heterocycles. The zero-order chi connectivity index (χ0) is 13.1. The van der Waals surface area contributed by atoms with Crippen LogP contribution in [0.15, 0.2) is 0 Å². The van der Waals surface area contributed by atoms with Crippen molar-refractivity contribution in [1.29, 1.82) is 0 Å². The minimum atomic E-state index is -0.587. The van der Waals surface area contributed by atoms with Crippen molar-refractivity contribution in [3.8, 4) is 0 Å². The summed E-state index contributed by atoms with van der Waals surface area (Å²) in [6.07, 6.45) is 3.49. The van der Waals surface area contributed by atoms with Gasteiger partial charge >= 0.3 is 0 Å². The highest BCUT2D eigenvalue weighted by molar-refractivity contribution is 5.84. The molecule has 4 heteroatoms. The molecule has 1 unspecified atom stereocenters. The average Bonchev–Trinajstić information content (AvgIpc) is 3.06. The number of hydrogen-bond acceptors (Lipinski definition) is 3. The minimum absolute atomic E-state index is 0.268. The lowest BCUT2D eigenvalue weighted by molar-refractivity contribution is -0.124. The molecule has 0 aromatic rings. The molecule has 1 atom stereocenters. The fraction of sp³-hybridized carbons (Fsp3) is 0.923. The number of nitrogens with one attached hydrogen (secondary N) is 1. The third-order valence-corrected chi connectivity index (χ3v) is 3.91. The van der Waals surface area contributed by atoms with E-state index in [0.717, 1.165) is 25.4 Å². The van der Waals surface area contributed by atoms with E-state index in [2.05, 4.69) is 24.1 Å². The van der Waals surface area contributed by atoms with Crippen LogP contribution in [0, 0.1) is 5.92 Å². The topological polar surface area (TPSA) is 58.4 Å². The van der Waals surface area contributed by atoms with Gasteiger partial charge in [0.15, 0.2) is 0 Å². The second kappa shape index (κ2) is 5.83. The van der Waals surface area contributed by atoms with E-state index in [4.69, 9.17) is 5.73 Å². The van der Waals surface area contributed by atoms with Crippen molar-refractivity contribution in [2.24, 2.45) is 11.7 Å². The number of hydrogen-bond donors (Lipinski definition) is 2. The maximum absolute atomic E-state index is 11.4. The van der Waals surface area contributed by atoms with Crippen LogP contribution in [0.1, 0.15) is 40.0 Å². The van der Waals surface area contributed by atoms with E-state index in [1.165, 1.54) is 12.8 Å². The lowest BCUT2D eigenvalue weighted by Gasteiger charge is -2.32. The summed E-state index contributed by atoms with van der Waals surface area (Å²) in [6.45, 7) is 8.39. The SMILES string of the molecule is CNC(C)(CCN(CC1CC1)C(C)C)C(N)=O. The van der Waals surface area contributed by atoms with Crippen LogP contribution in [0.4, 0.5) is 0 Å². The van der Waals surface area contributed by atoms with Crippen LogP contribution in [0.3, 0.4) is 0 Å². The van der Waals surface area contributed by atoms with Crippen LogP contribution in [0.5, 0.6) is 0 Å². The molecule has 100 valence electrons. The molecule has 1 rings (SSSR count). The molecule has 1 aliphatic carbocycles. The van der Waals surface area contributed by atoms with E-state index in [1.807, 2.05) is 6.92 Å².